The van der Waals surface area contributed by atoms with Crippen LogP contribution in [0.5, 0.6) is 5.75 Å². The van der Waals surface area contributed by atoms with Crippen molar-refractivity contribution in [2.45, 2.75) is 43.8 Å². The third kappa shape index (κ3) is 3.20. The molecule has 1 saturated carbocycles. The Labute approximate surface area is 190 Å². The molecule has 1 aliphatic carbocycles. The van der Waals surface area contributed by atoms with Crippen LogP contribution >= 0.6 is 0 Å². The van der Waals surface area contributed by atoms with Gasteiger partial charge in [0.25, 0.3) is 0 Å². The topological polar surface area (TPSA) is 94.8 Å². The molecule has 0 N–H and O–H groups in total. The summed E-state index contributed by atoms with van der Waals surface area (Å²) >= 11 is 0. The van der Waals surface area contributed by atoms with Gasteiger partial charge in [-0.3, -0.25) is 9.78 Å². The van der Waals surface area contributed by atoms with Gasteiger partial charge in [0.1, 0.15) is 23.8 Å². The summed E-state index contributed by atoms with van der Waals surface area (Å²) in [6.07, 6.45) is 5.45. The number of nitrogens with zero attached hydrogens (tertiary/aromatic N) is 3. The minimum Gasteiger partial charge on any atom is -0.487 e. The predicted octanol–water partition coefficient (Wildman–Crippen LogP) is 3.29. The number of hydrogen-bond acceptors (Lipinski definition) is 7. The Morgan fingerprint density at radius 2 is 2.00 bits per heavy atom. The molecule has 8 nitrogen and oxygen atoms in total. The largest absolute Gasteiger partial charge is 0.487 e. The van der Waals surface area contributed by atoms with Gasteiger partial charge in [0.15, 0.2) is 5.60 Å². The summed E-state index contributed by atoms with van der Waals surface area (Å²) in [5.74, 6) is 1.20. The van der Waals surface area contributed by atoms with E-state index in [1.165, 1.54) is 0 Å². The number of rotatable bonds is 5. The Hall–Kier alpha value is -3.68. The lowest BCUT2D eigenvalue weighted by atomic mass is 9.92. The molecule has 2 fully saturated rings. The van der Waals surface area contributed by atoms with Crippen LogP contribution in [0, 0.1) is 6.92 Å². The van der Waals surface area contributed by atoms with Gasteiger partial charge in [-0.05, 0) is 43.5 Å². The highest BCUT2D eigenvalue weighted by atomic mass is 16.6. The van der Waals surface area contributed by atoms with E-state index >= 15 is 0 Å². The van der Waals surface area contributed by atoms with Gasteiger partial charge in [0.2, 0.25) is 5.91 Å². The first-order valence-corrected chi connectivity index (χ1v) is 11.1. The minimum atomic E-state index is -0.752. The van der Waals surface area contributed by atoms with Crippen LogP contribution in [0.4, 0.5) is 0 Å². The van der Waals surface area contributed by atoms with Crippen molar-refractivity contribution in [2.24, 2.45) is 0 Å². The third-order valence-electron chi connectivity index (χ3n) is 6.97. The second-order valence-electron chi connectivity index (χ2n) is 9.11. The molecule has 4 heterocycles. The number of hydrogen-bond donors (Lipinski definition) is 0. The maximum absolute atomic E-state index is 13.6. The van der Waals surface area contributed by atoms with E-state index in [1.54, 1.807) is 12.4 Å². The van der Waals surface area contributed by atoms with E-state index in [1.807, 2.05) is 48.2 Å². The summed E-state index contributed by atoms with van der Waals surface area (Å²) in [6, 6.07) is 11.4. The maximum Gasteiger partial charge on any atom is 0.341 e. The highest BCUT2D eigenvalue weighted by molar-refractivity contribution is 5.95. The fourth-order valence-corrected chi connectivity index (χ4v) is 5.07. The quantitative estimate of drug-likeness (QED) is 0.556. The van der Waals surface area contributed by atoms with Crippen LogP contribution in [-0.4, -0.2) is 40.0 Å². The number of aromatic nitrogens is 2. The van der Waals surface area contributed by atoms with Crippen LogP contribution in [0.3, 0.4) is 0 Å². The van der Waals surface area contributed by atoms with Gasteiger partial charge < -0.3 is 18.9 Å². The van der Waals surface area contributed by atoms with E-state index in [0.29, 0.717) is 37.4 Å². The zero-order chi connectivity index (χ0) is 22.6. The van der Waals surface area contributed by atoms with Crippen molar-refractivity contribution in [1.29, 1.82) is 0 Å². The Morgan fingerprint density at radius 3 is 2.73 bits per heavy atom. The number of aryl methyl sites for hydroxylation is 1. The van der Waals surface area contributed by atoms with Gasteiger partial charge in [-0.25, -0.2) is 4.79 Å². The first kappa shape index (κ1) is 20.0. The van der Waals surface area contributed by atoms with Gasteiger partial charge in [-0.15, -0.1) is 0 Å². The first-order valence-electron chi connectivity index (χ1n) is 11.1. The summed E-state index contributed by atoms with van der Waals surface area (Å²) in [5.41, 5.74) is 1.81. The second-order valence-corrected chi connectivity index (χ2v) is 9.11. The number of carbonyl (C=O) groups excluding carboxylic acids is 2. The van der Waals surface area contributed by atoms with Crippen LogP contribution in [0.25, 0.3) is 0 Å². The van der Waals surface area contributed by atoms with Crippen LogP contribution < -0.4 is 4.74 Å². The molecular formula is C25H23N3O5. The molecule has 168 valence electrons. The molecule has 2 aliphatic heterocycles. The zero-order valence-electron chi connectivity index (χ0n) is 18.2. The molecule has 0 radical (unpaired) electrons. The Balaban J connectivity index is 1.16. The number of amides is 1. The molecule has 1 atom stereocenters. The van der Waals surface area contributed by atoms with E-state index in [4.69, 9.17) is 14.0 Å². The Kier molecular flexibility index (Phi) is 4.33. The molecule has 1 saturated heterocycles. The Morgan fingerprint density at radius 1 is 1.18 bits per heavy atom. The standard InChI is InChI=1S/C25H23N3O5/c1-16-12-18(27-33-16)14-31-19-4-2-17(3-5-19)24(7-8-24)23(30)28-11-9-25(15-28)21-6-10-26-13-20(21)22(29)32-25/h2-6,10,12-13H,7-9,11,14-15H2,1H3/t25-/m0/s1. The number of fused-ring (bicyclic) bond motifs is 2. The van der Waals surface area contributed by atoms with Crippen molar-refractivity contribution >= 4 is 11.9 Å². The lowest BCUT2D eigenvalue weighted by molar-refractivity contribution is -0.134. The van der Waals surface area contributed by atoms with Crippen molar-refractivity contribution in [3.8, 4) is 5.75 Å². The molecule has 1 amide bonds. The molecule has 2 aromatic heterocycles. The van der Waals surface area contributed by atoms with Gasteiger partial charge in [-0.2, -0.15) is 0 Å². The molecule has 1 spiro atoms. The molecule has 8 heteroatoms. The molecule has 3 aromatic rings. The van der Waals surface area contributed by atoms with Crippen LogP contribution in [0.1, 0.15) is 52.2 Å². The first-order chi connectivity index (χ1) is 16.0. The van der Waals surface area contributed by atoms with Gasteiger partial charge in [0.05, 0.1) is 17.5 Å². The van der Waals surface area contributed by atoms with E-state index in [9.17, 15) is 9.59 Å². The van der Waals surface area contributed by atoms with Crippen molar-refractivity contribution < 1.29 is 23.6 Å². The van der Waals surface area contributed by atoms with Crippen molar-refractivity contribution in [3.63, 3.8) is 0 Å². The minimum absolute atomic E-state index is 0.102. The van der Waals surface area contributed by atoms with Gasteiger partial charge in [-0.1, -0.05) is 17.3 Å². The number of esters is 1. The SMILES string of the molecule is Cc1cc(COc2ccc(C3(C(=O)N4CC[C@@]5(C4)OC(=O)c4cnccc45)CC3)cc2)no1. The second kappa shape index (κ2) is 7.16. The molecule has 33 heavy (non-hydrogen) atoms. The molecule has 3 aliphatic rings. The van der Waals surface area contributed by atoms with Crippen molar-refractivity contribution in [3.05, 3.63) is 76.9 Å². The fourth-order valence-electron chi connectivity index (χ4n) is 5.07. The molecule has 6 rings (SSSR count). The maximum atomic E-state index is 13.6. The molecule has 1 aromatic carbocycles. The Bertz CT molecular complexity index is 1250. The molecule has 0 bridgehead atoms. The van der Waals surface area contributed by atoms with Crippen molar-refractivity contribution in [2.75, 3.05) is 13.1 Å². The summed E-state index contributed by atoms with van der Waals surface area (Å²) in [5, 5.41) is 3.93. The zero-order valence-corrected chi connectivity index (χ0v) is 18.2. The molecule has 0 unspecified atom stereocenters. The van der Waals surface area contributed by atoms with Crippen molar-refractivity contribution in [1.82, 2.24) is 15.0 Å². The highest BCUT2D eigenvalue weighted by Gasteiger charge is 2.57. The lowest BCUT2D eigenvalue weighted by Crippen LogP contribution is -2.40. The normalized spacial score (nSPS) is 22.3. The average molecular weight is 445 g/mol. The monoisotopic (exact) mass is 445 g/mol. The summed E-state index contributed by atoms with van der Waals surface area (Å²) in [4.78, 5) is 31.8. The van der Waals surface area contributed by atoms with Crippen LogP contribution in [0.2, 0.25) is 0 Å². The number of likely N-dealkylation sites (tertiary alicyclic amines) is 1. The van der Waals surface area contributed by atoms with Gasteiger partial charge in [0, 0.05) is 37.0 Å². The fraction of sp³-hybridized carbons (Fsp3) is 0.360. The van der Waals surface area contributed by atoms with Gasteiger partial charge >= 0.3 is 5.97 Å². The third-order valence-corrected chi connectivity index (χ3v) is 6.97. The van der Waals surface area contributed by atoms with E-state index < -0.39 is 11.0 Å². The summed E-state index contributed by atoms with van der Waals surface area (Å²) < 4.78 is 16.6. The van der Waals surface area contributed by atoms with Crippen LogP contribution in [0.15, 0.2) is 53.3 Å². The smallest absolute Gasteiger partial charge is 0.341 e. The molecular weight excluding hydrogens is 422 g/mol. The van der Waals surface area contributed by atoms with E-state index in [-0.39, 0.29) is 11.9 Å². The predicted molar refractivity (Wildman–Crippen MR) is 115 cm³/mol. The number of ether oxygens (including phenoxy) is 2. The van der Waals surface area contributed by atoms with E-state index in [0.717, 1.165) is 35.4 Å². The van der Waals surface area contributed by atoms with Crippen LogP contribution in [-0.2, 0) is 27.2 Å². The van der Waals surface area contributed by atoms with E-state index in [2.05, 4.69) is 10.1 Å². The summed E-state index contributed by atoms with van der Waals surface area (Å²) in [6.45, 7) is 3.11. The number of benzene rings is 1. The average Bonchev–Trinajstić information content (AvgIpc) is 3.24. The highest BCUT2D eigenvalue weighted by Crippen LogP contribution is 2.52. The number of pyridine rings is 1. The number of carbonyl (C=O) groups is 2. The summed E-state index contributed by atoms with van der Waals surface area (Å²) in [7, 11) is 0. The lowest BCUT2D eigenvalue weighted by Gasteiger charge is -2.27.